The van der Waals surface area contributed by atoms with E-state index in [4.69, 9.17) is 4.84 Å². The number of aromatic nitrogens is 3. The molecule has 1 aliphatic heterocycles. The number of rotatable bonds is 4. The topological polar surface area (TPSA) is 66.7 Å². The van der Waals surface area contributed by atoms with Gasteiger partial charge in [-0.1, -0.05) is 5.21 Å². The summed E-state index contributed by atoms with van der Waals surface area (Å²) in [4.78, 5) is 22.1. The number of carbonyl (C=O) groups excluding carboxylic acids is 1. The number of carbonyl (C=O) groups is 1. The molecule has 2 aromatic carbocycles. The molecule has 146 valence electrons. The van der Waals surface area contributed by atoms with Gasteiger partial charge < -0.3 is 9.80 Å². The average molecular weight is 380 g/mol. The third-order valence-corrected chi connectivity index (χ3v) is 5.22. The molecule has 1 fully saturated rings. The maximum Gasteiger partial charge on any atom is 0.277 e. The zero-order chi connectivity index (χ0) is 19.7. The van der Waals surface area contributed by atoms with Crippen LogP contribution in [0, 0.1) is 0 Å². The lowest BCUT2D eigenvalue weighted by Gasteiger charge is -2.34. The van der Waals surface area contributed by atoms with Crippen LogP contribution < -0.4 is 4.90 Å². The Morgan fingerprint density at radius 2 is 1.71 bits per heavy atom. The minimum atomic E-state index is -0.220. The Labute approximate surface area is 163 Å². The summed E-state index contributed by atoms with van der Waals surface area (Å²) >= 11 is 0. The van der Waals surface area contributed by atoms with E-state index >= 15 is 0 Å². The van der Waals surface area contributed by atoms with Crippen LogP contribution in [0.3, 0.4) is 0 Å². The van der Waals surface area contributed by atoms with Crippen molar-refractivity contribution in [2.24, 2.45) is 0 Å². The molecular weight excluding hydrogens is 356 g/mol. The van der Waals surface area contributed by atoms with E-state index < -0.39 is 0 Å². The molecule has 1 aromatic heterocycles. The first-order chi connectivity index (χ1) is 13.6. The summed E-state index contributed by atoms with van der Waals surface area (Å²) < 4.78 is 1.76. The van der Waals surface area contributed by atoms with Gasteiger partial charge in [0.2, 0.25) is 0 Å². The minimum Gasteiger partial charge on any atom is -0.369 e. The van der Waals surface area contributed by atoms with E-state index in [9.17, 15) is 4.79 Å². The lowest BCUT2D eigenvalue weighted by Crippen LogP contribution is -2.44. The van der Waals surface area contributed by atoms with Crippen LogP contribution >= 0.6 is 0 Å². The Morgan fingerprint density at radius 3 is 2.39 bits per heavy atom. The summed E-state index contributed by atoms with van der Waals surface area (Å²) in [6, 6.07) is 13.6. The maximum absolute atomic E-state index is 12.4. The summed E-state index contributed by atoms with van der Waals surface area (Å²) in [7, 11) is 5.20. The van der Waals surface area contributed by atoms with Crippen molar-refractivity contribution in [1.82, 2.24) is 25.0 Å². The number of hydrogen-bond donors (Lipinski definition) is 0. The van der Waals surface area contributed by atoms with E-state index in [1.54, 1.807) is 29.9 Å². The second-order valence-corrected chi connectivity index (χ2v) is 7.00. The molecule has 4 rings (SSSR count). The van der Waals surface area contributed by atoms with Gasteiger partial charge in [0.05, 0.1) is 18.3 Å². The smallest absolute Gasteiger partial charge is 0.277 e. The molecule has 1 amide bonds. The molecule has 8 nitrogen and oxygen atoms in total. The number of hydrogen-bond acceptors (Lipinski definition) is 6. The van der Waals surface area contributed by atoms with E-state index in [0.29, 0.717) is 5.56 Å². The van der Waals surface area contributed by atoms with Gasteiger partial charge in [-0.05, 0) is 49.5 Å². The van der Waals surface area contributed by atoms with Gasteiger partial charge in [-0.2, -0.15) is 0 Å². The highest BCUT2D eigenvalue weighted by molar-refractivity contribution is 5.96. The lowest BCUT2D eigenvalue weighted by molar-refractivity contribution is -0.0756. The first-order valence-electron chi connectivity index (χ1n) is 9.28. The third-order valence-electron chi connectivity index (χ3n) is 5.22. The fraction of sp³-hybridized carbons (Fsp3) is 0.350. The molecule has 2 heterocycles. The maximum atomic E-state index is 12.4. The molecule has 0 spiro atoms. The standard InChI is InChI=1S/C20H24N6O2/c1-23-10-12-25(13-11-23)16-5-7-17(8-6-16)26-19-14-15(20(27)24(2)28-3)4-9-18(19)21-22-26/h4-9,14H,10-13H2,1-3H3. The van der Waals surface area contributed by atoms with Crippen LogP contribution in [-0.4, -0.2) is 78.2 Å². The van der Waals surface area contributed by atoms with Gasteiger partial charge in [-0.25, -0.2) is 9.75 Å². The molecule has 0 saturated carbocycles. The van der Waals surface area contributed by atoms with E-state index in [0.717, 1.165) is 42.9 Å². The number of hydroxylamine groups is 2. The first-order valence-corrected chi connectivity index (χ1v) is 9.28. The van der Waals surface area contributed by atoms with Gasteiger partial charge in [-0.3, -0.25) is 9.63 Å². The van der Waals surface area contributed by atoms with Crippen LogP contribution in [0.5, 0.6) is 0 Å². The van der Waals surface area contributed by atoms with Crippen molar-refractivity contribution in [3.8, 4) is 5.69 Å². The molecule has 0 atom stereocenters. The molecule has 0 radical (unpaired) electrons. The Kier molecular flexibility index (Phi) is 4.97. The molecule has 0 unspecified atom stereocenters. The fourth-order valence-corrected chi connectivity index (χ4v) is 3.38. The molecule has 1 saturated heterocycles. The Bertz CT molecular complexity index is 976. The summed E-state index contributed by atoms with van der Waals surface area (Å²) in [5.74, 6) is -0.220. The van der Waals surface area contributed by atoms with Gasteiger partial charge in [0.1, 0.15) is 5.52 Å². The normalized spacial score (nSPS) is 15.2. The SMILES string of the molecule is CON(C)C(=O)c1ccc2nnn(-c3ccc(N4CCN(C)CC4)cc3)c2c1. The molecule has 1 aliphatic rings. The van der Waals surface area contributed by atoms with Crippen LogP contribution in [0.4, 0.5) is 5.69 Å². The largest absolute Gasteiger partial charge is 0.369 e. The summed E-state index contributed by atoms with van der Waals surface area (Å²) in [5.41, 5.74) is 4.15. The molecule has 8 heteroatoms. The Morgan fingerprint density at radius 1 is 1.04 bits per heavy atom. The molecule has 0 N–H and O–H groups in total. The summed E-state index contributed by atoms with van der Waals surface area (Å²) in [6.45, 7) is 4.20. The van der Waals surface area contributed by atoms with Crippen molar-refractivity contribution in [1.29, 1.82) is 0 Å². The van der Waals surface area contributed by atoms with Crippen LogP contribution in [0.15, 0.2) is 42.5 Å². The highest BCUT2D eigenvalue weighted by Crippen LogP contribution is 2.22. The number of fused-ring (bicyclic) bond motifs is 1. The Hall–Kier alpha value is -2.97. The third kappa shape index (κ3) is 3.44. The second-order valence-electron chi connectivity index (χ2n) is 7.00. The van der Waals surface area contributed by atoms with Crippen LogP contribution in [0.1, 0.15) is 10.4 Å². The molecule has 0 aliphatic carbocycles. The van der Waals surface area contributed by atoms with Crippen molar-refractivity contribution < 1.29 is 9.63 Å². The predicted octanol–water partition coefficient (Wildman–Crippen LogP) is 1.81. The van der Waals surface area contributed by atoms with Crippen LogP contribution in [0.2, 0.25) is 0 Å². The molecule has 3 aromatic rings. The quantitative estimate of drug-likeness (QED) is 0.643. The van der Waals surface area contributed by atoms with Gasteiger partial charge in [0.15, 0.2) is 0 Å². The van der Waals surface area contributed by atoms with Crippen molar-refractivity contribution in [2.45, 2.75) is 0 Å². The first kappa shape index (κ1) is 18.4. The van der Waals surface area contributed by atoms with E-state index in [2.05, 4.69) is 39.3 Å². The predicted molar refractivity (Wildman–Crippen MR) is 108 cm³/mol. The van der Waals surface area contributed by atoms with Crippen molar-refractivity contribution in [2.75, 3.05) is 52.3 Å². The highest BCUT2D eigenvalue weighted by atomic mass is 16.7. The second kappa shape index (κ2) is 7.57. The van der Waals surface area contributed by atoms with E-state index in [1.165, 1.54) is 17.9 Å². The number of anilines is 1. The van der Waals surface area contributed by atoms with Gasteiger partial charge in [0.25, 0.3) is 5.91 Å². The van der Waals surface area contributed by atoms with Crippen LogP contribution in [0.25, 0.3) is 16.7 Å². The summed E-state index contributed by atoms with van der Waals surface area (Å²) in [6.07, 6.45) is 0. The Balaban J connectivity index is 1.62. The molecular formula is C20H24N6O2. The molecule has 0 bridgehead atoms. The highest BCUT2D eigenvalue weighted by Gasteiger charge is 2.16. The van der Waals surface area contributed by atoms with Crippen molar-refractivity contribution in [3.05, 3.63) is 48.0 Å². The number of likely N-dealkylation sites (N-methyl/N-ethyl adjacent to an activating group) is 1. The van der Waals surface area contributed by atoms with Gasteiger partial charge in [-0.15, -0.1) is 5.10 Å². The van der Waals surface area contributed by atoms with Gasteiger partial charge in [0, 0.05) is 44.5 Å². The number of amides is 1. The number of nitrogens with zero attached hydrogens (tertiary/aromatic N) is 6. The summed E-state index contributed by atoms with van der Waals surface area (Å²) in [5, 5.41) is 9.69. The van der Waals surface area contributed by atoms with E-state index in [-0.39, 0.29) is 5.91 Å². The number of benzene rings is 2. The van der Waals surface area contributed by atoms with Gasteiger partial charge >= 0.3 is 0 Å². The minimum absolute atomic E-state index is 0.220. The van der Waals surface area contributed by atoms with E-state index in [1.807, 2.05) is 12.1 Å². The lowest BCUT2D eigenvalue weighted by atomic mass is 10.1. The van der Waals surface area contributed by atoms with Crippen molar-refractivity contribution in [3.63, 3.8) is 0 Å². The zero-order valence-electron chi connectivity index (χ0n) is 16.4. The van der Waals surface area contributed by atoms with Crippen LogP contribution in [-0.2, 0) is 4.84 Å². The number of piperazine rings is 1. The molecule has 28 heavy (non-hydrogen) atoms. The fourth-order valence-electron chi connectivity index (χ4n) is 3.38. The monoisotopic (exact) mass is 380 g/mol. The average Bonchev–Trinajstić information content (AvgIpc) is 3.16. The zero-order valence-corrected chi connectivity index (χ0v) is 16.4. The van der Waals surface area contributed by atoms with Crippen molar-refractivity contribution >= 4 is 22.6 Å².